The second-order valence-electron chi connectivity index (χ2n) is 9.68. The van der Waals surface area contributed by atoms with Crippen LogP contribution in [-0.4, -0.2) is 57.3 Å². The van der Waals surface area contributed by atoms with Crippen molar-refractivity contribution in [2.75, 3.05) is 6.54 Å². The molecule has 0 rings (SSSR count). The monoisotopic (exact) mass is 483 g/mol. The van der Waals surface area contributed by atoms with Gasteiger partial charge in [0.2, 0.25) is 0 Å². The van der Waals surface area contributed by atoms with Gasteiger partial charge in [-0.3, -0.25) is 4.48 Å². The lowest BCUT2D eigenvalue weighted by Gasteiger charge is -2.49. The number of aliphatic carboxylic acids is 3. The van der Waals surface area contributed by atoms with Crippen molar-refractivity contribution in [3.05, 3.63) is 12.2 Å². The summed E-state index contributed by atoms with van der Waals surface area (Å²) in [4.78, 5) is 35.2. The van der Waals surface area contributed by atoms with E-state index in [0.29, 0.717) is 6.42 Å². The minimum Gasteiger partial charge on any atom is -0.544 e. The number of allylic oxidation sites excluding steroid dienone is 2. The topological polar surface area (TPSA) is 115 Å². The molecule has 0 saturated heterocycles. The number of carbonyl (C=O) groups excluding carboxylic acids is 1. The zero-order valence-electron chi connectivity index (χ0n) is 22.0. The van der Waals surface area contributed by atoms with Gasteiger partial charge in [-0.25, -0.2) is 9.59 Å². The summed E-state index contributed by atoms with van der Waals surface area (Å²) in [6.45, 7) is 6.52. The molecule has 0 saturated carbocycles. The first-order valence-electron chi connectivity index (χ1n) is 13.3. The first-order chi connectivity index (χ1) is 16.1. The molecule has 198 valence electrons. The van der Waals surface area contributed by atoms with E-state index >= 15 is 0 Å². The molecule has 0 heterocycles. The summed E-state index contributed by atoms with van der Waals surface area (Å²) in [5.41, 5.74) is 0. The van der Waals surface area contributed by atoms with Gasteiger partial charge < -0.3 is 20.1 Å². The molecule has 0 aromatic heterocycles. The van der Waals surface area contributed by atoms with Crippen LogP contribution in [-0.2, 0) is 14.4 Å². The van der Waals surface area contributed by atoms with Crippen LogP contribution in [0.15, 0.2) is 12.2 Å². The zero-order valence-corrected chi connectivity index (χ0v) is 22.0. The van der Waals surface area contributed by atoms with Crippen LogP contribution >= 0.6 is 0 Å². The van der Waals surface area contributed by atoms with Crippen LogP contribution in [0.3, 0.4) is 0 Å². The number of unbranched alkanes of at least 4 members (excludes halogenated alkanes) is 12. The van der Waals surface area contributed by atoms with E-state index in [9.17, 15) is 29.7 Å². The van der Waals surface area contributed by atoms with Gasteiger partial charge in [-0.15, -0.1) is 0 Å². The molecule has 0 aromatic rings. The van der Waals surface area contributed by atoms with E-state index in [1.807, 2.05) is 0 Å². The quantitative estimate of drug-likeness (QED) is 0.128. The SMILES string of the molecule is CCC/C=C/CCCCCCCCCCCCC[N+](C(C)C(=O)[O-])(C(C)C(=O)O)C(C)C(=O)O. The predicted molar refractivity (Wildman–Crippen MR) is 133 cm³/mol. The van der Waals surface area contributed by atoms with E-state index in [1.54, 1.807) is 0 Å². The lowest BCUT2D eigenvalue weighted by molar-refractivity contribution is -0.969. The maximum absolute atomic E-state index is 11.7. The number of carboxylic acid groups (broad SMARTS) is 3. The second-order valence-corrected chi connectivity index (χ2v) is 9.68. The Morgan fingerprint density at radius 3 is 1.44 bits per heavy atom. The zero-order chi connectivity index (χ0) is 26.0. The minimum atomic E-state index is -1.42. The number of quaternary nitrogens is 1. The third-order valence-electron chi connectivity index (χ3n) is 7.26. The number of carboxylic acids is 3. The van der Waals surface area contributed by atoms with Crippen LogP contribution in [0.5, 0.6) is 0 Å². The smallest absolute Gasteiger partial charge is 0.362 e. The standard InChI is InChI=1S/C27H49NO6/c1-5-6-7-8-9-10-11-12-13-14-15-16-17-18-19-20-21-28(22(2)25(29)30,23(3)26(31)32)24(4)27(33)34/h7-8,22-24H,5-6,9-21H2,1-4H3,(H2-,29,30,31,32,33,34)/b8-7+. The van der Waals surface area contributed by atoms with Crippen LogP contribution in [0.2, 0.25) is 0 Å². The van der Waals surface area contributed by atoms with Gasteiger partial charge in [0.15, 0.2) is 12.1 Å². The number of rotatable bonds is 22. The van der Waals surface area contributed by atoms with Crippen molar-refractivity contribution in [3.63, 3.8) is 0 Å². The molecule has 0 aliphatic carbocycles. The van der Waals surface area contributed by atoms with Gasteiger partial charge in [-0.1, -0.05) is 76.9 Å². The number of carbonyl (C=O) groups is 3. The van der Waals surface area contributed by atoms with Crippen molar-refractivity contribution in [1.82, 2.24) is 0 Å². The van der Waals surface area contributed by atoms with Gasteiger partial charge in [0, 0.05) is 0 Å². The molecule has 7 heteroatoms. The van der Waals surface area contributed by atoms with Crippen LogP contribution < -0.4 is 5.11 Å². The van der Waals surface area contributed by atoms with E-state index in [4.69, 9.17) is 0 Å². The molecule has 0 fully saturated rings. The maximum atomic E-state index is 11.7. The van der Waals surface area contributed by atoms with Crippen molar-refractivity contribution in [1.29, 1.82) is 0 Å². The fraction of sp³-hybridized carbons (Fsp3) is 0.815. The molecular weight excluding hydrogens is 434 g/mol. The normalized spacial score (nSPS) is 16.1. The summed E-state index contributed by atoms with van der Waals surface area (Å²) in [6.07, 6.45) is 20.4. The first-order valence-corrected chi connectivity index (χ1v) is 13.3. The third kappa shape index (κ3) is 11.5. The molecule has 0 spiro atoms. The lowest BCUT2D eigenvalue weighted by Crippen LogP contribution is -2.72. The van der Waals surface area contributed by atoms with E-state index in [1.165, 1.54) is 78.6 Å². The Balaban J connectivity index is 4.33. The number of nitrogens with zero attached hydrogens (tertiary/aromatic N) is 1. The first kappa shape index (κ1) is 32.1. The van der Waals surface area contributed by atoms with Crippen molar-refractivity contribution >= 4 is 17.9 Å². The lowest BCUT2D eigenvalue weighted by atomic mass is 10.00. The molecule has 0 aliphatic heterocycles. The highest BCUT2D eigenvalue weighted by molar-refractivity contribution is 5.76. The van der Waals surface area contributed by atoms with Gasteiger partial charge in [-0.05, 0) is 52.9 Å². The van der Waals surface area contributed by atoms with E-state index in [0.717, 1.165) is 25.7 Å². The van der Waals surface area contributed by atoms with Crippen LogP contribution in [0.1, 0.15) is 118 Å². The van der Waals surface area contributed by atoms with Gasteiger partial charge in [0.25, 0.3) is 0 Å². The summed E-state index contributed by atoms with van der Waals surface area (Å²) in [5, 5.41) is 30.8. The van der Waals surface area contributed by atoms with E-state index in [2.05, 4.69) is 19.1 Å². The minimum absolute atomic E-state index is 0.184. The molecule has 0 bridgehead atoms. The molecule has 34 heavy (non-hydrogen) atoms. The molecule has 7 nitrogen and oxygen atoms in total. The maximum Gasteiger partial charge on any atom is 0.362 e. The average molecular weight is 484 g/mol. The second kappa shape index (κ2) is 18.4. The Morgan fingerprint density at radius 2 is 1.06 bits per heavy atom. The Hall–Kier alpha value is -1.89. The molecule has 3 unspecified atom stereocenters. The molecule has 0 aliphatic rings. The molecule has 0 radical (unpaired) electrons. The summed E-state index contributed by atoms with van der Waals surface area (Å²) in [6, 6.07) is -3.55. The molecule has 0 amide bonds. The Kier molecular flexibility index (Phi) is 17.4. The van der Waals surface area contributed by atoms with Crippen LogP contribution in [0.4, 0.5) is 0 Å². The van der Waals surface area contributed by atoms with Crippen LogP contribution in [0.25, 0.3) is 0 Å². The summed E-state index contributed by atoms with van der Waals surface area (Å²) < 4.78 is -0.540. The number of hydrogen-bond acceptors (Lipinski definition) is 4. The summed E-state index contributed by atoms with van der Waals surface area (Å²) >= 11 is 0. The highest BCUT2D eigenvalue weighted by Crippen LogP contribution is 2.27. The predicted octanol–water partition coefficient (Wildman–Crippen LogP) is 4.93. The van der Waals surface area contributed by atoms with Crippen molar-refractivity contribution < 1.29 is 34.2 Å². The molecule has 2 N–H and O–H groups in total. The highest BCUT2D eigenvalue weighted by Gasteiger charge is 2.50. The fourth-order valence-electron chi connectivity index (χ4n) is 4.84. The summed E-state index contributed by atoms with van der Waals surface area (Å²) in [5.74, 6) is -3.82. The summed E-state index contributed by atoms with van der Waals surface area (Å²) in [7, 11) is 0. The van der Waals surface area contributed by atoms with Crippen molar-refractivity contribution in [3.8, 4) is 0 Å². The van der Waals surface area contributed by atoms with Gasteiger partial charge in [-0.2, -0.15) is 0 Å². The van der Waals surface area contributed by atoms with Gasteiger partial charge >= 0.3 is 11.9 Å². The third-order valence-corrected chi connectivity index (χ3v) is 7.26. The van der Waals surface area contributed by atoms with E-state index in [-0.39, 0.29) is 6.54 Å². The van der Waals surface area contributed by atoms with Crippen LogP contribution in [0, 0.1) is 0 Å². The Morgan fingerprint density at radius 1 is 0.676 bits per heavy atom. The highest BCUT2D eigenvalue weighted by atomic mass is 16.4. The van der Waals surface area contributed by atoms with E-state index < -0.39 is 40.5 Å². The molecular formula is C27H49NO6. The van der Waals surface area contributed by atoms with Gasteiger partial charge in [0.05, 0.1) is 12.5 Å². The number of hydrogen-bond donors (Lipinski definition) is 2. The average Bonchev–Trinajstić information content (AvgIpc) is 2.80. The molecule has 3 atom stereocenters. The van der Waals surface area contributed by atoms with Crippen molar-refractivity contribution in [2.45, 2.75) is 136 Å². The Labute approximate surface area is 206 Å². The Bertz CT molecular complexity index is 568. The molecule has 0 aromatic carbocycles. The fourth-order valence-corrected chi connectivity index (χ4v) is 4.84. The van der Waals surface area contributed by atoms with Crippen molar-refractivity contribution in [2.24, 2.45) is 0 Å². The van der Waals surface area contributed by atoms with Gasteiger partial charge in [0.1, 0.15) is 6.04 Å². The largest absolute Gasteiger partial charge is 0.544 e.